The van der Waals surface area contributed by atoms with Gasteiger partial charge >= 0.3 is 0 Å². The van der Waals surface area contributed by atoms with Crippen LogP contribution < -0.4 is 10.6 Å². The van der Waals surface area contributed by atoms with Crippen LogP contribution in [0.1, 0.15) is 10.4 Å². The normalized spacial score (nSPS) is 11.2. The van der Waals surface area contributed by atoms with Crippen LogP contribution in [0.15, 0.2) is 73.1 Å². The number of anilines is 2. The Labute approximate surface area is 194 Å². The van der Waals surface area contributed by atoms with Crippen molar-refractivity contribution in [2.45, 2.75) is 13.0 Å². The number of fused-ring (bicyclic) bond motifs is 1. The van der Waals surface area contributed by atoms with E-state index in [1.807, 2.05) is 42.6 Å². The van der Waals surface area contributed by atoms with Crippen molar-refractivity contribution in [1.29, 1.82) is 0 Å². The van der Waals surface area contributed by atoms with Crippen molar-refractivity contribution in [3.63, 3.8) is 0 Å². The number of benzene rings is 2. The summed E-state index contributed by atoms with van der Waals surface area (Å²) in [5, 5.41) is 16.7. The predicted octanol–water partition coefficient (Wildman–Crippen LogP) is 5.81. The number of aromatic nitrogens is 4. The van der Waals surface area contributed by atoms with Gasteiger partial charge in [-0.1, -0.05) is 48.0 Å². The Morgan fingerprint density at radius 2 is 1.91 bits per heavy atom. The fourth-order valence-corrected chi connectivity index (χ4v) is 4.50. The van der Waals surface area contributed by atoms with Crippen LogP contribution in [0.2, 0.25) is 5.02 Å². The van der Waals surface area contributed by atoms with Crippen LogP contribution in [0.4, 0.5) is 10.9 Å². The molecule has 8 heteroatoms. The minimum atomic E-state index is 0.620. The lowest BCUT2D eigenvalue weighted by Gasteiger charge is -2.04. The number of halogens is 1. The van der Waals surface area contributed by atoms with Crippen molar-refractivity contribution in [3.8, 4) is 11.3 Å². The second-order valence-corrected chi connectivity index (χ2v) is 8.86. The summed E-state index contributed by atoms with van der Waals surface area (Å²) >= 11 is 7.94. The van der Waals surface area contributed by atoms with Gasteiger partial charge in [0, 0.05) is 34.8 Å². The quantitative estimate of drug-likeness (QED) is 0.255. The Morgan fingerprint density at radius 3 is 2.78 bits per heavy atom. The standard InChI is InChI=1S/C24H21ClN6S/c25-20-7-4-11-27-22(20)17-8-9-21-19(13-17)23(31-30-21)29-24-28-15-18(32-24)14-26-12-10-16-5-2-1-3-6-16/h1-9,11,13,15,26H,10,12,14H2,(H2,28,29,30,31). The minimum absolute atomic E-state index is 0.620. The molecule has 5 rings (SSSR count). The van der Waals surface area contributed by atoms with Crippen LogP contribution in [-0.2, 0) is 13.0 Å². The zero-order valence-corrected chi connectivity index (χ0v) is 18.7. The van der Waals surface area contributed by atoms with E-state index in [-0.39, 0.29) is 0 Å². The summed E-state index contributed by atoms with van der Waals surface area (Å²) in [5.41, 5.74) is 3.96. The molecule has 0 aliphatic carbocycles. The van der Waals surface area contributed by atoms with Gasteiger partial charge in [-0.05, 0) is 42.8 Å². The van der Waals surface area contributed by atoms with Gasteiger partial charge in [0.15, 0.2) is 10.9 Å². The number of hydrogen-bond donors (Lipinski definition) is 3. The molecule has 160 valence electrons. The SMILES string of the molecule is Clc1cccnc1-c1ccc2[nH]nc(Nc3ncc(CNCCc4ccccc4)s3)c2c1. The van der Waals surface area contributed by atoms with Gasteiger partial charge in [-0.25, -0.2) is 4.98 Å². The van der Waals surface area contributed by atoms with Crippen molar-refractivity contribution in [2.24, 2.45) is 0 Å². The maximum absolute atomic E-state index is 6.33. The number of nitrogens with zero attached hydrogens (tertiary/aromatic N) is 3. The van der Waals surface area contributed by atoms with Crippen molar-refractivity contribution in [2.75, 3.05) is 11.9 Å². The lowest BCUT2D eigenvalue weighted by Crippen LogP contribution is -2.15. The number of H-pyrrole nitrogens is 1. The van der Waals surface area contributed by atoms with Crippen LogP contribution in [0.5, 0.6) is 0 Å². The fraction of sp³-hybridized carbons (Fsp3) is 0.125. The van der Waals surface area contributed by atoms with E-state index in [2.05, 4.69) is 55.1 Å². The third-order valence-corrected chi connectivity index (χ3v) is 6.32. The van der Waals surface area contributed by atoms with Crippen LogP contribution >= 0.6 is 22.9 Å². The summed E-state index contributed by atoms with van der Waals surface area (Å²) < 4.78 is 0. The predicted molar refractivity (Wildman–Crippen MR) is 132 cm³/mol. The van der Waals surface area contributed by atoms with Gasteiger partial charge in [-0.3, -0.25) is 10.1 Å². The number of aromatic amines is 1. The summed E-state index contributed by atoms with van der Waals surface area (Å²) in [6.07, 6.45) is 4.65. The molecule has 0 unspecified atom stereocenters. The molecule has 0 aliphatic rings. The first-order chi connectivity index (χ1) is 15.8. The molecule has 3 heterocycles. The molecule has 0 aliphatic heterocycles. The van der Waals surface area contributed by atoms with Gasteiger partial charge in [-0.15, -0.1) is 11.3 Å². The van der Waals surface area contributed by atoms with Crippen LogP contribution in [0.25, 0.3) is 22.2 Å². The molecular formula is C24H21ClN6S. The molecule has 0 radical (unpaired) electrons. The third kappa shape index (κ3) is 4.65. The molecule has 0 bridgehead atoms. The van der Waals surface area contributed by atoms with E-state index < -0.39 is 0 Å². The third-order valence-electron chi connectivity index (χ3n) is 5.11. The molecule has 2 aromatic carbocycles. The summed E-state index contributed by atoms with van der Waals surface area (Å²) in [4.78, 5) is 10.1. The average Bonchev–Trinajstić information content (AvgIpc) is 3.45. The first-order valence-corrected chi connectivity index (χ1v) is 11.5. The van der Waals surface area contributed by atoms with Crippen LogP contribution in [0, 0.1) is 0 Å². The van der Waals surface area contributed by atoms with E-state index in [1.54, 1.807) is 17.5 Å². The maximum atomic E-state index is 6.33. The average molecular weight is 461 g/mol. The molecule has 5 aromatic rings. The number of thiazole rings is 1. The van der Waals surface area contributed by atoms with Crippen molar-refractivity contribution in [3.05, 3.63) is 88.5 Å². The topological polar surface area (TPSA) is 78.5 Å². The van der Waals surface area contributed by atoms with Gasteiger partial charge in [0.05, 0.1) is 16.2 Å². The Morgan fingerprint density at radius 1 is 1.00 bits per heavy atom. The highest BCUT2D eigenvalue weighted by Gasteiger charge is 2.12. The van der Waals surface area contributed by atoms with Crippen LogP contribution in [-0.4, -0.2) is 26.7 Å². The van der Waals surface area contributed by atoms with E-state index in [9.17, 15) is 0 Å². The Balaban J connectivity index is 1.25. The molecule has 6 nitrogen and oxygen atoms in total. The first kappa shape index (κ1) is 20.6. The largest absolute Gasteiger partial charge is 0.314 e. The van der Waals surface area contributed by atoms with E-state index in [4.69, 9.17) is 11.6 Å². The Kier molecular flexibility index (Phi) is 6.11. The van der Waals surface area contributed by atoms with Crippen molar-refractivity contribution >= 4 is 44.8 Å². The first-order valence-electron chi connectivity index (χ1n) is 10.3. The van der Waals surface area contributed by atoms with E-state index >= 15 is 0 Å². The van der Waals surface area contributed by atoms with Gasteiger partial charge in [0.2, 0.25) is 0 Å². The molecule has 32 heavy (non-hydrogen) atoms. The number of rotatable bonds is 8. The van der Waals surface area contributed by atoms with Crippen molar-refractivity contribution < 1.29 is 0 Å². The van der Waals surface area contributed by atoms with Gasteiger partial charge in [0.1, 0.15) is 0 Å². The molecule has 0 fully saturated rings. The molecule has 0 atom stereocenters. The molecular weight excluding hydrogens is 440 g/mol. The van der Waals surface area contributed by atoms with Gasteiger partial charge in [0.25, 0.3) is 0 Å². The summed E-state index contributed by atoms with van der Waals surface area (Å²) in [6, 6.07) is 20.2. The van der Waals surface area contributed by atoms with Gasteiger partial charge in [-0.2, -0.15) is 5.10 Å². The molecule has 0 amide bonds. The fourth-order valence-electron chi connectivity index (χ4n) is 3.49. The smallest absolute Gasteiger partial charge is 0.188 e. The number of nitrogens with one attached hydrogen (secondary N) is 3. The second-order valence-electron chi connectivity index (χ2n) is 7.34. The van der Waals surface area contributed by atoms with Gasteiger partial charge < -0.3 is 10.6 Å². The monoisotopic (exact) mass is 460 g/mol. The number of hydrogen-bond acceptors (Lipinski definition) is 6. The zero-order chi connectivity index (χ0) is 21.8. The molecule has 0 saturated carbocycles. The van der Waals surface area contributed by atoms with E-state index in [0.717, 1.165) is 52.6 Å². The Hall–Kier alpha value is -3.26. The summed E-state index contributed by atoms with van der Waals surface area (Å²) in [5.74, 6) is 0.729. The summed E-state index contributed by atoms with van der Waals surface area (Å²) in [7, 11) is 0. The highest BCUT2D eigenvalue weighted by Crippen LogP contribution is 2.32. The van der Waals surface area contributed by atoms with E-state index in [1.165, 1.54) is 10.4 Å². The molecule has 0 saturated heterocycles. The maximum Gasteiger partial charge on any atom is 0.188 e. The zero-order valence-electron chi connectivity index (χ0n) is 17.2. The van der Waals surface area contributed by atoms with Crippen molar-refractivity contribution in [1.82, 2.24) is 25.5 Å². The molecule has 3 aromatic heterocycles. The molecule has 3 N–H and O–H groups in total. The molecule has 0 spiro atoms. The number of pyridine rings is 1. The van der Waals surface area contributed by atoms with Crippen LogP contribution in [0.3, 0.4) is 0 Å². The Bertz CT molecular complexity index is 1330. The summed E-state index contributed by atoms with van der Waals surface area (Å²) in [6.45, 7) is 1.71. The highest BCUT2D eigenvalue weighted by atomic mass is 35.5. The second kappa shape index (κ2) is 9.48. The lowest BCUT2D eigenvalue weighted by molar-refractivity contribution is 0.693. The highest BCUT2D eigenvalue weighted by molar-refractivity contribution is 7.15. The minimum Gasteiger partial charge on any atom is -0.314 e. The van der Waals surface area contributed by atoms with E-state index in [0.29, 0.717) is 5.02 Å². The lowest BCUT2D eigenvalue weighted by atomic mass is 10.1.